The molecule has 4 heteroatoms. The van der Waals surface area contributed by atoms with Crippen LogP contribution in [0.15, 0.2) is 36.4 Å². The summed E-state index contributed by atoms with van der Waals surface area (Å²) >= 11 is 0. The second-order valence-corrected chi connectivity index (χ2v) is 3.47. The zero-order chi connectivity index (χ0) is 10.4. The summed E-state index contributed by atoms with van der Waals surface area (Å²) in [7, 11) is 0. The molecule has 0 saturated carbocycles. The number of imidazole rings is 1. The van der Waals surface area contributed by atoms with Crippen molar-refractivity contribution in [2.45, 2.75) is 0 Å². The van der Waals surface area contributed by atoms with Gasteiger partial charge in [0.15, 0.2) is 0 Å². The first-order chi connectivity index (χ1) is 7.27. The van der Waals surface area contributed by atoms with E-state index in [1.54, 1.807) is 6.07 Å². The minimum absolute atomic E-state index is 0.543. The third kappa shape index (κ3) is 0.985. The molecule has 3 aromatic rings. The molecule has 0 saturated heterocycles. The van der Waals surface area contributed by atoms with Crippen LogP contribution in [-0.4, -0.2) is 9.38 Å². The van der Waals surface area contributed by atoms with Crippen LogP contribution >= 0.6 is 0 Å². The maximum Gasteiger partial charge on any atom is 0.139 e. The van der Waals surface area contributed by atoms with Gasteiger partial charge < -0.3 is 11.5 Å². The monoisotopic (exact) mass is 198 g/mol. The largest absolute Gasteiger partial charge is 0.396 e. The first-order valence-corrected chi connectivity index (χ1v) is 4.68. The van der Waals surface area contributed by atoms with E-state index < -0.39 is 0 Å². The zero-order valence-electron chi connectivity index (χ0n) is 8.01. The molecule has 15 heavy (non-hydrogen) atoms. The highest BCUT2D eigenvalue weighted by Gasteiger charge is 2.07. The molecule has 1 aromatic carbocycles. The number of nitrogen functional groups attached to an aromatic ring is 2. The average molecular weight is 198 g/mol. The molecule has 4 N–H and O–H groups in total. The van der Waals surface area contributed by atoms with Crippen molar-refractivity contribution in [2.75, 3.05) is 11.5 Å². The summed E-state index contributed by atoms with van der Waals surface area (Å²) in [6.07, 6.45) is 0. The lowest BCUT2D eigenvalue weighted by Gasteiger charge is -2.03. The molecule has 0 spiro atoms. The smallest absolute Gasteiger partial charge is 0.139 e. The summed E-state index contributed by atoms with van der Waals surface area (Å²) in [5, 5.41) is 0. The van der Waals surface area contributed by atoms with Crippen LogP contribution in [0.25, 0.3) is 16.7 Å². The fourth-order valence-electron chi connectivity index (χ4n) is 1.79. The summed E-state index contributed by atoms with van der Waals surface area (Å²) < 4.78 is 1.87. The highest BCUT2D eigenvalue weighted by Crippen LogP contribution is 2.23. The Balaban J connectivity index is 2.63. The SMILES string of the molecule is Nc1ccc2nc3ccccc3n2c1N. The van der Waals surface area contributed by atoms with Gasteiger partial charge in [-0.15, -0.1) is 0 Å². The van der Waals surface area contributed by atoms with Gasteiger partial charge in [0.2, 0.25) is 0 Å². The van der Waals surface area contributed by atoms with E-state index in [1.165, 1.54) is 0 Å². The fourth-order valence-corrected chi connectivity index (χ4v) is 1.79. The highest BCUT2D eigenvalue weighted by atomic mass is 15.1. The molecule has 0 atom stereocenters. The molecular formula is C11H10N4. The topological polar surface area (TPSA) is 69.3 Å². The maximum atomic E-state index is 5.93. The molecule has 0 bridgehead atoms. The Morgan fingerprint density at radius 3 is 2.67 bits per heavy atom. The number of benzene rings is 1. The Morgan fingerprint density at radius 1 is 1.00 bits per heavy atom. The van der Waals surface area contributed by atoms with Gasteiger partial charge in [0, 0.05) is 0 Å². The molecule has 2 heterocycles. The van der Waals surface area contributed by atoms with Gasteiger partial charge in [0.1, 0.15) is 11.5 Å². The number of hydrogen-bond acceptors (Lipinski definition) is 3. The van der Waals surface area contributed by atoms with Crippen molar-refractivity contribution in [2.24, 2.45) is 0 Å². The van der Waals surface area contributed by atoms with Gasteiger partial charge in [-0.1, -0.05) is 12.1 Å². The lowest BCUT2D eigenvalue weighted by molar-refractivity contribution is 1.24. The lowest BCUT2D eigenvalue weighted by Crippen LogP contribution is -2.01. The minimum Gasteiger partial charge on any atom is -0.396 e. The van der Waals surface area contributed by atoms with Crippen molar-refractivity contribution in [3.05, 3.63) is 36.4 Å². The number of para-hydroxylation sites is 2. The fraction of sp³-hybridized carbons (Fsp3) is 0. The van der Waals surface area contributed by atoms with Crippen LogP contribution in [0.3, 0.4) is 0 Å². The van der Waals surface area contributed by atoms with E-state index in [0.717, 1.165) is 16.7 Å². The minimum atomic E-state index is 0.543. The third-order valence-electron chi connectivity index (χ3n) is 2.54. The van der Waals surface area contributed by atoms with Gasteiger partial charge in [-0.3, -0.25) is 4.40 Å². The van der Waals surface area contributed by atoms with Crippen molar-refractivity contribution in [1.82, 2.24) is 9.38 Å². The van der Waals surface area contributed by atoms with Gasteiger partial charge >= 0.3 is 0 Å². The van der Waals surface area contributed by atoms with E-state index >= 15 is 0 Å². The number of rotatable bonds is 0. The molecule has 4 nitrogen and oxygen atoms in total. The second-order valence-electron chi connectivity index (χ2n) is 3.47. The van der Waals surface area contributed by atoms with Gasteiger partial charge in [-0.25, -0.2) is 4.98 Å². The van der Waals surface area contributed by atoms with Crippen LogP contribution in [0, 0.1) is 0 Å². The summed E-state index contributed by atoms with van der Waals surface area (Å²) in [5.41, 5.74) is 15.0. The van der Waals surface area contributed by atoms with Crippen LogP contribution in [0.4, 0.5) is 11.5 Å². The summed E-state index contributed by atoms with van der Waals surface area (Å²) in [6.45, 7) is 0. The molecule has 74 valence electrons. The van der Waals surface area contributed by atoms with Gasteiger partial charge in [-0.2, -0.15) is 0 Å². The quantitative estimate of drug-likeness (QED) is 0.577. The normalized spacial score (nSPS) is 11.2. The van der Waals surface area contributed by atoms with E-state index in [1.807, 2.05) is 34.7 Å². The molecule has 0 aliphatic heterocycles. The van der Waals surface area contributed by atoms with E-state index in [9.17, 15) is 0 Å². The van der Waals surface area contributed by atoms with Crippen LogP contribution < -0.4 is 11.5 Å². The van der Waals surface area contributed by atoms with Crippen molar-refractivity contribution >= 4 is 28.2 Å². The van der Waals surface area contributed by atoms with E-state index in [-0.39, 0.29) is 0 Å². The predicted molar refractivity (Wildman–Crippen MR) is 61.5 cm³/mol. The maximum absolute atomic E-state index is 5.93. The molecule has 0 radical (unpaired) electrons. The van der Waals surface area contributed by atoms with Crippen LogP contribution in [0.5, 0.6) is 0 Å². The third-order valence-corrected chi connectivity index (χ3v) is 2.54. The predicted octanol–water partition coefficient (Wildman–Crippen LogP) is 1.65. The summed E-state index contributed by atoms with van der Waals surface area (Å²) in [6, 6.07) is 11.5. The molecule has 0 fully saturated rings. The number of pyridine rings is 1. The number of nitrogens with two attached hydrogens (primary N) is 2. The first-order valence-electron chi connectivity index (χ1n) is 4.68. The Labute approximate surface area is 86.1 Å². The van der Waals surface area contributed by atoms with Crippen molar-refractivity contribution in [3.8, 4) is 0 Å². The van der Waals surface area contributed by atoms with E-state index in [4.69, 9.17) is 11.5 Å². The van der Waals surface area contributed by atoms with Gasteiger partial charge in [0.25, 0.3) is 0 Å². The standard InChI is InChI=1S/C11H10N4/c12-7-5-6-10-14-8-3-1-2-4-9(8)15(10)11(7)13/h1-6H,12-13H2. The zero-order valence-corrected chi connectivity index (χ0v) is 8.01. The Kier molecular flexibility index (Phi) is 1.42. The number of nitrogens with zero attached hydrogens (tertiary/aromatic N) is 2. The highest BCUT2D eigenvalue weighted by molar-refractivity contribution is 5.84. The second kappa shape index (κ2) is 2.63. The summed E-state index contributed by atoms with van der Waals surface area (Å²) in [5.74, 6) is 0.543. The molecule has 0 aliphatic carbocycles. The Hall–Kier alpha value is -2.23. The molecule has 0 unspecified atom stereocenters. The van der Waals surface area contributed by atoms with Crippen molar-refractivity contribution < 1.29 is 0 Å². The molecule has 2 aromatic heterocycles. The van der Waals surface area contributed by atoms with Crippen molar-refractivity contribution in [3.63, 3.8) is 0 Å². The molecule has 0 amide bonds. The van der Waals surface area contributed by atoms with Crippen LogP contribution in [0.2, 0.25) is 0 Å². The van der Waals surface area contributed by atoms with Crippen LogP contribution in [-0.2, 0) is 0 Å². The van der Waals surface area contributed by atoms with Crippen LogP contribution in [0.1, 0.15) is 0 Å². The summed E-state index contributed by atoms with van der Waals surface area (Å²) in [4.78, 5) is 4.44. The Bertz CT molecular complexity index is 654. The molecule has 3 rings (SSSR count). The van der Waals surface area contributed by atoms with E-state index in [0.29, 0.717) is 11.5 Å². The average Bonchev–Trinajstić information content (AvgIpc) is 2.62. The molecule has 0 aliphatic rings. The molecular weight excluding hydrogens is 188 g/mol. The number of aromatic nitrogens is 2. The van der Waals surface area contributed by atoms with E-state index in [2.05, 4.69) is 4.98 Å². The van der Waals surface area contributed by atoms with Gasteiger partial charge in [-0.05, 0) is 24.3 Å². The number of hydrogen-bond donors (Lipinski definition) is 2. The van der Waals surface area contributed by atoms with Gasteiger partial charge in [0.05, 0.1) is 16.7 Å². The lowest BCUT2D eigenvalue weighted by atomic mass is 10.3. The number of fused-ring (bicyclic) bond motifs is 3. The Morgan fingerprint density at radius 2 is 1.80 bits per heavy atom. The van der Waals surface area contributed by atoms with Crippen molar-refractivity contribution in [1.29, 1.82) is 0 Å². The first kappa shape index (κ1) is 8.11. The number of anilines is 2.